The predicted molar refractivity (Wildman–Crippen MR) is 129 cm³/mol. The number of amides is 1. The number of benzene rings is 2. The first kappa shape index (κ1) is 23.5. The Morgan fingerprint density at radius 2 is 1.86 bits per heavy atom. The van der Waals surface area contributed by atoms with E-state index in [9.17, 15) is 14.8 Å². The molecule has 0 unspecified atom stereocenters. The molecule has 35 heavy (non-hydrogen) atoms. The van der Waals surface area contributed by atoms with Crippen molar-refractivity contribution in [2.45, 2.75) is 22.7 Å². The first-order valence-electron chi connectivity index (χ1n) is 10.8. The van der Waals surface area contributed by atoms with Crippen LogP contribution in [0.25, 0.3) is 0 Å². The van der Waals surface area contributed by atoms with E-state index in [4.69, 9.17) is 4.74 Å². The van der Waals surface area contributed by atoms with Gasteiger partial charge in [-0.2, -0.15) is 5.48 Å². The smallest absolute Gasteiger partial charge is 0.356 e. The van der Waals surface area contributed by atoms with Crippen molar-refractivity contribution >= 4 is 35.4 Å². The van der Waals surface area contributed by atoms with E-state index in [0.29, 0.717) is 16.7 Å². The molecule has 2 aliphatic rings. The monoisotopic (exact) mass is 510 g/mol. The number of carbonyl (C=O) groups is 2. The minimum atomic E-state index is -0.765. The summed E-state index contributed by atoms with van der Waals surface area (Å²) >= 11 is 2.85. The predicted octanol–water partition coefficient (Wildman–Crippen LogP) is 2.15. The number of hydroxylamine groups is 1. The third-order valence-corrected chi connectivity index (χ3v) is 8.20. The quantitative estimate of drug-likeness (QED) is 0.202. The zero-order valence-corrected chi connectivity index (χ0v) is 20.3. The number of tetrazole rings is 1. The van der Waals surface area contributed by atoms with Crippen LogP contribution < -0.4 is 5.48 Å². The maximum absolute atomic E-state index is 13.7. The molecule has 0 radical (unpaired) electrons. The van der Waals surface area contributed by atoms with Gasteiger partial charge in [-0.3, -0.25) is 9.69 Å². The van der Waals surface area contributed by atoms with Gasteiger partial charge in [0.15, 0.2) is 6.10 Å². The van der Waals surface area contributed by atoms with Gasteiger partial charge in [0.25, 0.3) is 5.91 Å². The molecule has 2 aromatic carbocycles. The molecule has 1 aromatic heterocycles. The fraction of sp³-hybridized carbons (Fsp3) is 0.261. The van der Waals surface area contributed by atoms with Gasteiger partial charge in [0.1, 0.15) is 17.1 Å². The zero-order chi connectivity index (χ0) is 24.4. The summed E-state index contributed by atoms with van der Waals surface area (Å²) in [4.78, 5) is 27.9. The normalized spacial score (nSPS) is 19.5. The van der Waals surface area contributed by atoms with Crippen molar-refractivity contribution in [2.24, 2.45) is 7.05 Å². The number of aromatic nitrogens is 4. The van der Waals surface area contributed by atoms with Gasteiger partial charge in [-0.15, -0.1) is 16.9 Å². The molecule has 1 saturated heterocycles. The van der Waals surface area contributed by atoms with Crippen LogP contribution in [0.15, 0.2) is 77.1 Å². The summed E-state index contributed by atoms with van der Waals surface area (Å²) in [6, 6.07) is 18.2. The number of hydrogen-bond donors (Lipinski definition) is 2. The zero-order valence-electron chi connectivity index (χ0n) is 18.6. The van der Waals surface area contributed by atoms with Gasteiger partial charge >= 0.3 is 5.97 Å². The topological polar surface area (TPSA) is 122 Å². The van der Waals surface area contributed by atoms with E-state index in [2.05, 4.69) is 21.0 Å². The lowest BCUT2D eigenvalue weighted by atomic mass is 10.0. The second-order valence-electron chi connectivity index (χ2n) is 7.95. The van der Waals surface area contributed by atoms with E-state index >= 15 is 0 Å². The van der Waals surface area contributed by atoms with E-state index in [0.717, 1.165) is 16.7 Å². The maximum atomic E-state index is 13.7. The molecule has 0 bridgehead atoms. The van der Waals surface area contributed by atoms with Crippen molar-refractivity contribution < 1.29 is 19.5 Å². The molecule has 2 aliphatic heterocycles. The van der Waals surface area contributed by atoms with E-state index in [-0.39, 0.29) is 11.6 Å². The fourth-order valence-electron chi connectivity index (χ4n) is 4.01. The largest absolute Gasteiger partial charge is 0.448 e. The minimum absolute atomic E-state index is 0.213. The van der Waals surface area contributed by atoms with Crippen LogP contribution in [0.3, 0.4) is 0 Å². The Bertz CT molecular complexity index is 1210. The Kier molecular flexibility index (Phi) is 6.86. The van der Waals surface area contributed by atoms with Crippen LogP contribution in [-0.4, -0.2) is 65.1 Å². The summed E-state index contributed by atoms with van der Waals surface area (Å²) in [5.41, 5.74) is 4.65. The van der Waals surface area contributed by atoms with Gasteiger partial charge in [0, 0.05) is 18.6 Å². The summed E-state index contributed by atoms with van der Waals surface area (Å²) in [6.45, 7) is 0. The number of nitrogens with one attached hydrogen (secondary N) is 1. The van der Waals surface area contributed by atoms with Gasteiger partial charge in [-0.25, -0.2) is 9.48 Å². The van der Waals surface area contributed by atoms with Gasteiger partial charge in [-0.1, -0.05) is 72.4 Å². The number of carbonyl (C=O) groups excluding carboxylic acids is 2. The highest BCUT2D eigenvalue weighted by Gasteiger charge is 2.54. The molecule has 2 N–H and O–H groups in total. The number of ether oxygens (including phenoxy) is 1. The highest BCUT2D eigenvalue weighted by molar-refractivity contribution is 8.01. The molecule has 0 saturated carbocycles. The number of hydrogen-bond acceptors (Lipinski definition) is 10. The van der Waals surface area contributed by atoms with Crippen molar-refractivity contribution in [1.82, 2.24) is 30.6 Å². The number of aryl methyl sites for hydroxylation is 1. The van der Waals surface area contributed by atoms with Gasteiger partial charge < -0.3 is 9.94 Å². The highest BCUT2D eigenvalue weighted by atomic mass is 32.2. The first-order valence-corrected chi connectivity index (χ1v) is 12.8. The van der Waals surface area contributed by atoms with Crippen LogP contribution >= 0.6 is 23.5 Å². The molecule has 12 heteroatoms. The summed E-state index contributed by atoms with van der Waals surface area (Å²) in [7, 11) is 1.73. The van der Waals surface area contributed by atoms with Crippen LogP contribution in [0.1, 0.15) is 17.2 Å². The molecule has 180 valence electrons. The molecular formula is C23H22N6O4S2. The Morgan fingerprint density at radius 3 is 2.43 bits per heavy atom. The summed E-state index contributed by atoms with van der Waals surface area (Å²) in [5.74, 6) is -0.0721. The van der Waals surface area contributed by atoms with Gasteiger partial charge in [-0.05, 0) is 27.1 Å². The number of fused-ring (bicyclic) bond motifs is 1. The minimum Gasteiger partial charge on any atom is -0.448 e. The fourth-order valence-corrected chi connectivity index (χ4v) is 6.34. The second kappa shape index (κ2) is 10.2. The third kappa shape index (κ3) is 4.57. The Hall–Kier alpha value is -3.19. The van der Waals surface area contributed by atoms with Crippen LogP contribution in [0, 0.1) is 0 Å². The number of nitrogens with zero attached hydrogens (tertiary/aromatic N) is 5. The molecule has 0 aliphatic carbocycles. The highest BCUT2D eigenvalue weighted by Crippen LogP contribution is 2.42. The number of β-lactam (4-membered cyclic amide) rings is 1. The lowest BCUT2D eigenvalue weighted by Gasteiger charge is -2.49. The van der Waals surface area contributed by atoms with E-state index in [1.54, 1.807) is 11.7 Å². The number of rotatable bonds is 8. The Labute approximate surface area is 209 Å². The van der Waals surface area contributed by atoms with Crippen molar-refractivity contribution in [3.05, 3.63) is 83.1 Å². The van der Waals surface area contributed by atoms with Crippen molar-refractivity contribution in [3.63, 3.8) is 0 Å². The van der Waals surface area contributed by atoms with Crippen molar-refractivity contribution in [2.75, 3.05) is 11.5 Å². The van der Waals surface area contributed by atoms with Crippen LogP contribution in [0.2, 0.25) is 0 Å². The molecule has 5 rings (SSSR count). The summed E-state index contributed by atoms with van der Waals surface area (Å²) < 4.78 is 7.63. The molecule has 1 amide bonds. The molecule has 0 spiro atoms. The van der Waals surface area contributed by atoms with Gasteiger partial charge in [0.2, 0.25) is 5.16 Å². The van der Waals surface area contributed by atoms with Crippen molar-refractivity contribution in [3.8, 4) is 0 Å². The standard InChI is InChI=1S/C23H22N6O4S2/c1-28-23(24-26-27-28)35-13-16-12-34-21-17(25-32)20(30)29(21)18(16)22(31)33-19(14-8-4-2-5-9-14)15-10-6-3-7-11-15/h2-11,17,19,21,25,32H,12-13H2,1H3/t17-,21-/m1/s1. The SMILES string of the molecule is Cn1nnnc1SCC1=C(C(=O)OC(c2ccccc2)c2ccccc2)N2C(=O)[C@@H](NO)[C@H]2SC1. The molecular weight excluding hydrogens is 488 g/mol. The lowest BCUT2D eigenvalue weighted by molar-refractivity contribution is -0.156. The number of thioether (sulfide) groups is 2. The van der Waals surface area contributed by atoms with E-state index in [1.807, 2.05) is 60.7 Å². The molecule has 10 nitrogen and oxygen atoms in total. The molecule has 3 aromatic rings. The van der Waals surface area contributed by atoms with Crippen LogP contribution in [0.5, 0.6) is 0 Å². The molecule has 3 heterocycles. The third-order valence-electron chi connectivity index (χ3n) is 5.77. The molecule has 1 fully saturated rings. The summed E-state index contributed by atoms with van der Waals surface area (Å²) in [5, 5.41) is 21.1. The first-order chi connectivity index (χ1) is 17.1. The van der Waals surface area contributed by atoms with Crippen LogP contribution in [-0.2, 0) is 21.4 Å². The average molecular weight is 511 g/mol. The number of esters is 1. The Balaban J connectivity index is 1.48. The van der Waals surface area contributed by atoms with E-state index in [1.165, 1.54) is 28.4 Å². The maximum Gasteiger partial charge on any atom is 0.356 e. The molecule has 2 atom stereocenters. The lowest BCUT2D eigenvalue weighted by Crippen LogP contribution is -2.69. The van der Waals surface area contributed by atoms with E-state index < -0.39 is 23.5 Å². The second-order valence-corrected chi connectivity index (χ2v) is 10.00. The van der Waals surface area contributed by atoms with Crippen LogP contribution in [0.4, 0.5) is 0 Å². The van der Waals surface area contributed by atoms with Gasteiger partial charge in [0.05, 0.1) is 0 Å². The summed E-state index contributed by atoms with van der Waals surface area (Å²) in [6.07, 6.45) is -0.648. The van der Waals surface area contributed by atoms with Crippen molar-refractivity contribution in [1.29, 1.82) is 0 Å². The average Bonchev–Trinajstić information content (AvgIpc) is 3.31. The Morgan fingerprint density at radius 1 is 1.20 bits per heavy atom.